The molecule has 0 aliphatic rings. The van der Waals surface area contributed by atoms with Crippen molar-refractivity contribution < 1.29 is 0 Å². The smallest absolute Gasteiger partial charge is 0.178 e. The third kappa shape index (κ3) is 6.69. The van der Waals surface area contributed by atoms with Gasteiger partial charge in [-0.15, -0.1) is 0 Å². The van der Waals surface area contributed by atoms with Gasteiger partial charge in [-0.25, -0.2) is 19.9 Å². The van der Waals surface area contributed by atoms with Crippen LogP contribution in [-0.2, 0) is 10.8 Å². The summed E-state index contributed by atoms with van der Waals surface area (Å²) in [6.07, 6.45) is 3.65. The standard InChI is InChI=1S/C56H48N6/c1-55(2,3)53-59-51-47(33-19-35-57-51)61(53)45-31-15-13-25-41(45)43-29-17-27-39(37-21-9-7-10-22-37)49(43)50-40(38-23-11-8-12-24-38)28-18-30-44(50)42-26-14-16-32-46(42)62-48-34-20-36-58-52(48)60-54(62)56(4,5)6/h7-36H,1-6H3. The normalized spacial score (nSPS) is 12.0. The summed E-state index contributed by atoms with van der Waals surface area (Å²) in [5, 5.41) is 0. The molecule has 0 atom stereocenters. The lowest BCUT2D eigenvalue weighted by atomic mass is 9.80. The molecular weight excluding hydrogens is 757 g/mol. The van der Waals surface area contributed by atoms with Crippen LogP contribution in [0.15, 0.2) is 182 Å². The minimum absolute atomic E-state index is 0.266. The van der Waals surface area contributed by atoms with Crippen LogP contribution in [0.2, 0.25) is 0 Å². The fourth-order valence-corrected chi connectivity index (χ4v) is 8.92. The van der Waals surface area contributed by atoms with Gasteiger partial charge in [0.05, 0.1) is 22.4 Å². The SMILES string of the molecule is CC(C)(C)c1nc2ncccc2n1-c1ccccc1-c1cccc(-c2ccccc2)c1-c1c(-c2ccccc2)cccc1-c1ccccc1-n1c(C(C)(C)C)nc2ncccc21. The number of hydrogen-bond donors (Lipinski definition) is 0. The van der Waals surface area contributed by atoms with Crippen molar-refractivity contribution in [3.05, 3.63) is 194 Å². The van der Waals surface area contributed by atoms with E-state index in [0.717, 1.165) is 101 Å². The quantitative estimate of drug-likeness (QED) is 0.161. The van der Waals surface area contributed by atoms with Crippen molar-refractivity contribution in [2.45, 2.75) is 52.4 Å². The summed E-state index contributed by atoms with van der Waals surface area (Å²) in [7, 11) is 0. The molecule has 0 saturated carbocycles. The first-order valence-corrected chi connectivity index (χ1v) is 21.3. The van der Waals surface area contributed by atoms with Gasteiger partial charge in [0.15, 0.2) is 11.3 Å². The second-order valence-electron chi connectivity index (χ2n) is 18.0. The second-order valence-corrected chi connectivity index (χ2v) is 18.0. The Balaban J connectivity index is 1.35. The van der Waals surface area contributed by atoms with Gasteiger partial charge >= 0.3 is 0 Å². The maximum atomic E-state index is 5.17. The van der Waals surface area contributed by atoms with Gasteiger partial charge in [-0.3, -0.25) is 9.13 Å². The van der Waals surface area contributed by atoms with Gasteiger partial charge in [-0.1, -0.05) is 175 Å². The molecule has 0 amide bonds. The third-order valence-corrected chi connectivity index (χ3v) is 11.6. The molecule has 302 valence electrons. The fourth-order valence-electron chi connectivity index (χ4n) is 8.92. The van der Waals surface area contributed by atoms with Crippen molar-refractivity contribution in [3.63, 3.8) is 0 Å². The van der Waals surface area contributed by atoms with E-state index in [2.05, 4.69) is 208 Å². The van der Waals surface area contributed by atoms with Crippen LogP contribution in [0.1, 0.15) is 53.2 Å². The molecule has 6 aromatic carbocycles. The molecule has 10 aromatic rings. The molecule has 10 rings (SSSR count). The summed E-state index contributed by atoms with van der Waals surface area (Å²) in [5.74, 6) is 1.91. The van der Waals surface area contributed by atoms with E-state index in [0.29, 0.717) is 0 Å². The van der Waals surface area contributed by atoms with E-state index in [9.17, 15) is 0 Å². The van der Waals surface area contributed by atoms with E-state index in [4.69, 9.17) is 19.9 Å². The van der Waals surface area contributed by atoms with Crippen LogP contribution in [0, 0.1) is 0 Å². The molecule has 4 aromatic heterocycles. The molecule has 62 heavy (non-hydrogen) atoms. The van der Waals surface area contributed by atoms with Crippen LogP contribution in [0.3, 0.4) is 0 Å². The maximum Gasteiger partial charge on any atom is 0.178 e. The van der Waals surface area contributed by atoms with Crippen LogP contribution < -0.4 is 0 Å². The zero-order valence-corrected chi connectivity index (χ0v) is 36.0. The van der Waals surface area contributed by atoms with Crippen LogP contribution >= 0.6 is 0 Å². The van der Waals surface area contributed by atoms with Crippen molar-refractivity contribution >= 4 is 22.3 Å². The molecule has 4 heterocycles. The highest BCUT2D eigenvalue weighted by Gasteiger charge is 2.30. The lowest BCUT2D eigenvalue weighted by Crippen LogP contribution is -2.18. The summed E-state index contributed by atoms with van der Waals surface area (Å²) < 4.78 is 4.64. The zero-order valence-electron chi connectivity index (χ0n) is 36.0. The monoisotopic (exact) mass is 804 g/mol. The largest absolute Gasteiger partial charge is 0.294 e. The topological polar surface area (TPSA) is 61.4 Å². The number of pyridine rings is 2. The summed E-state index contributed by atoms with van der Waals surface area (Å²) >= 11 is 0. The molecule has 0 saturated heterocycles. The molecule has 0 spiro atoms. The van der Waals surface area contributed by atoms with Crippen molar-refractivity contribution in [2.24, 2.45) is 0 Å². The highest BCUT2D eigenvalue weighted by atomic mass is 15.1. The first kappa shape index (κ1) is 38.7. The number of fused-ring (bicyclic) bond motifs is 2. The average Bonchev–Trinajstić information content (AvgIpc) is 3.90. The number of imidazole rings is 2. The lowest BCUT2D eigenvalue weighted by Gasteiger charge is -2.26. The Kier molecular flexibility index (Phi) is 9.52. The molecule has 0 aliphatic carbocycles. The molecule has 6 nitrogen and oxygen atoms in total. The Morgan fingerprint density at radius 2 is 0.694 bits per heavy atom. The van der Waals surface area contributed by atoms with E-state index >= 15 is 0 Å². The van der Waals surface area contributed by atoms with Gasteiger partial charge < -0.3 is 0 Å². The van der Waals surface area contributed by atoms with Gasteiger partial charge in [-0.05, 0) is 80.9 Å². The molecule has 0 unspecified atom stereocenters. The van der Waals surface area contributed by atoms with Crippen molar-refractivity contribution in [1.82, 2.24) is 29.1 Å². The predicted octanol–water partition coefficient (Wildman–Crippen LogP) is 14.1. The van der Waals surface area contributed by atoms with E-state index in [1.165, 1.54) is 0 Å². The van der Waals surface area contributed by atoms with Crippen LogP contribution in [0.5, 0.6) is 0 Å². The fraction of sp³-hybridized carbons (Fsp3) is 0.143. The third-order valence-electron chi connectivity index (χ3n) is 11.6. The zero-order chi connectivity index (χ0) is 42.6. The first-order valence-electron chi connectivity index (χ1n) is 21.3. The van der Waals surface area contributed by atoms with E-state index in [1.54, 1.807) is 0 Å². The highest BCUT2D eigenvalue weighted by molar-refractivity contribution is 6.07. The minimum atomic E-state index is -0.266. The van der Waals surface area contributed by atoms with Crippen molar-refractivity contribution in [2.75, 3.05) is 0 Å². The van der Waals surface area contributed by atoms with Crippen LogP contribution in [0.25, 0.3) is 89.3 Å². The Morgan fingerprint density at radius 1 is 0.339 bits per heavy atom. The molecular formula is C56H48N6. The second kappa shape index (κ2) is 15.2. The molecule has 6 heteroatoms. The molecule has 0 fully saturated rings. The molecule has 0 aliphatic heterocycles. The summed E-state index contributed by atoms with van der Waals surface area (Å²) in [5.41, 5.74) is 16.2. The minimum Gasteiger partial charge on any atom is -0.294 e. The maximum absolute atomic E-state index is 5.17. The number of aromatic nitrogens is 6. The van der Waals surface area contributed by atoms with Gasteiger partial charge in [0.1, 0.15) is 11.6 Å². The lowest BCUT2D eigenvalue weighted by molar-refractivity contribution is 0.539. The Bertz CT molecular complexity index is 3030. The number of nitrogens with zero attached hydrogens (tertiary/aromatic N) is 6. The van der Waals surface area contributed by atoms with Gasteiger partial charge in [0.25, 0.3) is 0 Å². The number of rotatable bonds is 7. The van der Waals surface area contributed by atoms with Gasteiger partial charge in [-0.2, -0.15) is 0 Å². The number of para-hydroxylation sites is 2. The van der Waals surface area contributed by atoms with Gasteiger partial charge in [0, 0.05) is 34.4 Å². The van der Waals surface area contributed by atoms with Crippen LogP contribution in [-0.4, -0.2) is 29.1 Å². The highest BCUT2D eigenvalue weighted by Crippen LogP contribution is 2.50. The predicted molar refractivity (Wildman–Crippen MR) is 256 cm³/mol. The van der Waals surface area contributed by atoms with E-state index < -0.39 is 0 Å². The van der Waals surface area contributed by atoms with Crippen LogP contribution in [0.4, 0.5) is 0 Å². The first-order chi connectivity index (χ1) is 30.1. The Labute approximate surface area is 363 Å². The number of hydrogen-bond acceptors (Lipinski definition) is 4. The molecule has 0 N–H and O–H groups in total. The summed E-state index contributed by atoms with van der Waals surface area (Å²) in [6, 6.07) is 60.9. The molecule has 0 radical (unpaired) electrons. The van der Waals surface area contributed by atoms with E-state index in [1.807, 2.05) is 24.5 Å². The Hall–Kier alpha value is -7.44. The molecule has 0 bridgehead atoms. The Morgan fingerprint density at radius 3 is 1.10 bits per heavy atom. The summed E-state index contributed by atoms with van der Waals surface area (Å²) in [4.78, 5) is 19.8. The average molecular weight is 805 g/mol. The van der Waals surface area contributed by atoms with Crippen molar-refractivity contribution in [1.29, 1.82) is 0 Å². The van der Waals surface area contributed by atoms with E-state index in [-0.39, 0.29) is 10.8 Å². The van der Waals surface area contributed by atoms with Crippen molar-refractivity contribution in [3.8, 4) is 67.0 Å². The van der Waals surface area contributed by atoms with Gasteiger partial charge in [0.2, 0.25) is 0 Å². The number of benzene rings is 6. The summed E-state index contributed by atoms with van der Waals surface area (Å²) in [6.45, 7) is 13.3.